The molecule has 3 heteroatoms. The van der Waals surface area contributed by atoms with E-state index in [0.29, 0.717) is 11.5 Å². The minimum atomic E-state index is -0.429. The second-order valence-corrected chi connectivity index (χ2v) is 17.3. The first-order chi connectivity index (χ1) is 31.7. The van der Waals surface area contributed by atoms with Gasteiger partial charge in [0.2, 0.25) is 0 Å². The first-order valence-electron chi connectivity index (χ1n) is 22.5. The van der Waals surface area contributed by atoms with Crippen LogP contribution in [0.15, 0.2) is 218 Å². The van der Waals surface area contributed by atoms with Gasteiger partial charge in [0.25, 0.3) is 0 Å². The Morgan fingerprint density at radius 2 is 1.14 bits per heavy atom. The summed E-state index contributed by atoms with van der Waals surface area (Å²) in [5.41, 5.74) is 20.3. The maximum Gasteiger partial charge on any atom is 0.178 e. The van der Waals surface area contributed by atoms with Crippen LogP contribution in [0.3, 0.4) is 0 Å². The molecule has 1 atom stereocenters. The van der Waals surface area contributed by atoms with Gasteiger partial charge in [0.15, 0.2) is 23.0 Å². The van der Waals surface area contributed by atoms with E-state index in [1.165, 1.54) is 66.8 Å². The van der Waals surface area contributed by atoms with E-state index in [9.17, 15) is 0 Å². The molecule has 5 aliphatic rings. The first kappa shape index (κ1) is 36.7. The van der Waals surface area contributed by atoms with Gasteiger partial charge in [0.05, 0.1) is 16.8 Å². The van der Waals surface area contributed by atoms with Gasteiger partial charge < -0.3 is 14.4 Å². The van der Waals surface area contributed by atoms with E-state index in [1.54, 1.807) is 0 Å². The number of allylic oxidation sites excluding steroid dienone is 8. The number of benzene rings is 8. The zero-order chi connectivity index (χ0) is 42.2. The van der Waals surface area contributed by atoms with Crippen molar-refractivity contribution in [3.63, 3.8) is 0 Å². The molecule has 1 aliphatic heterocycles. The third kappa shape index (κ3) is 5.53. The molecular formula is C61H43NO2. The highest BCUT2D eigenvalue weighted by atomic mass is 16.6. The van der Waals surface area contributed by atoms with E-state index in [2.05, 4.69) is 217 Å². The number of fused-ring (bicyclic) bond motifs is 12. The Balaban J connectivity index is 0.989. The van der Waals surface area contributed by atoms with Crippen LogP contribution in [0.1, 0.15) is 53.5 Å². The maximum atomic E-state index is 7.28. The van der Waals surface area contributed by atoms with Gasteiger partial charge in [0, 0.05) is 22.9 Å². The fraction of sp³-hybridized carbons (Fsp3) is 0.0820. The molecule has 8 aromatic carbocycles. The van der Waals surface area contributed by atoms with E-state index < -0.39 is 5.41 Å². The summed E-state index contributed by atoms with van der Waals surface area (Å²) in [6.45, 7) is 0. The molecule has 1 spiro atoms. The molecular weight excluding hydrogens is 779 g/mol. The number of ether oxygens (including phenoxy) is 2. The number of rotatable bonds is 6. The summed E-state index contributed by atoms with van der Waals surface area (Å²) < 4.78 is 14.1. The molecule has 13 rings (SSSR count). The Kier molecular flexibility index (Phi) is 8.39. The third-order valence-electron chi connectivity index (χ3n) is 13.9. The summed E-state index contributed by atoms with van der Waals surface area (Å²) in [5.74, 6) is 2.88. The SMILES string of the molecule is C1=CCCC(c2cc(-c3ccccc3)ccc2N(c2cccc(-c3ccccc3)c2)c2ccc3c(c2)Oc2c(ccc4c2-c2ccccc2C42C4=C(CCC=C4)c4ccccc42)O3)=C1. The molecule has 0 amide bonds. The Morgan fingerprint density at radius 3 is 1.94 bits per heavy atom. The standard InChI is InChI=1S/C61H43NO2/c1-4-17-40(18-5-1)43-23-16-24-45(37-43)62(55-34-31-44(41-19-6-2-7-20-41)38-50(55)42-21-8-3-9-22-42)46-32-35-56-58(39-46)64-60-57(63-56)36-33-54-59(60)49-27-12-15-30-53(49)61(54)51-28-13-10-25-47(51)48-26-11-14-29-52(48)61/h1-8,10,12-21,23-25,27-39H,9,11,22,26H2. The van der Waals surface area contributed by atoms with Gasteiger partial charge in [0.1, 0.15) is 0 Å². The number of anilines is 3. The molecule has 0 fully saturated rings. The van der Waals surface area contributed by atoms with Crippen LogP contribution in [-0.2, 0) is 5.41 Å². The molecule has 1 unspecified atom stereocenters. The van der Waals surface area contributed by atoms with Crippen molar-refractivity contribution in [3.8, 4) is 56.4 Å². The molecule has 0 saturated carbocycles. The molecule has 304 valence electrons. The summed E-state index contributed by atoms with van der Waals surface area (Å²) in [4.78, 5) is 2.40. The van der Waals surface area contributed by atoms with Crippen molar-refractivity contribution in [1.82, 2.24) is 0 Å². The highest BCUT2D eigenvalue weighted by molar-refractivity contribution is 5.99. The summed E-state index contributed by atoms with van der Waals surface area (Å²) in [6, 6.07) is 65.9. The Labute approximate surface area is 374 Å². The van der Waals surface area contributed by atoms with Crippen molar-refractivity contribution in [1.29, 1.82) is 0 Å². The Hall–Kier alpha value is -7.88. The molecule has 0 N–H and O–H groups in total. The molecule has 0 aromatic heterocycles. The molecule has 3 nitrogen and oxygen atoms in total. The summed E-state index contributed by atoms with van der Waals surface area (Å²) >= 11 is 0. The second-order valence-electron chi connectivity index (χ2n) is 17.3. The van der Waals surface area contributed by atoms with Crippen LogP contribution in [0.2, 0.25) is 0 Å². The molecule has 4 aliphatic carbocycles. The minimum Gasteiger partial charge on any atom is -0.449 e. The van der Waals surface area contributed by atoms with Gasteiger partial charge in [-0.25, -0.2) is 0 Å². The van der Waals surface area contributed by atoms with Crippen molar-refractivity contribution in [2.45, 2.75) is 31.1 Å². The van der Waals surface area contributed by atoms with Gasteiger partial charge in [-0.2, -0.15) is 0 Å². The van der Waals surface area contributed by atoms with Crippen LogP contribution >= 0.6 is 0 Å². The molecule has 0 bridgehead atoms. The summed E-state index contributed by atoms with van der Waals surface area (Å²) in [7, 11) is 0. The lowest BCUT2D eigenvalue weighted by atomic mass is 9.69. The molecule has 8 aromatic rings. The van der Waals surface area contributed by atoms with Gasteiger partial charge >= 0.3 is 0 Å². The van der Waals surface area contributed by atoms with Crippen LogP contribution in [-0.4, -0.2) is 0 Å². The number of hydrogen-bond acceptors (Lipinski definition) is 3. The predicted octanol–water partition coefficient (Wildman–Crippen LogP) is 16.6. The third-order valence-corrected chi connectivity index (χ3v) is 13.9. The average molecular weight is 822 g/mol. The van der Waals surface area contributed by atoms with Gasteiger partial charge in [-0.15, -0.1) is 0 Å². The van der Waals surface area contributed by atoms with Crippen molar-refractivity contribution in [2.75, 3.05) is 4.90 Å². The van der Waals surface area contributed by atoms with E-state index in [1.807, 2.05) is 0 Å². The zero-order valence-electron chi connectivity index (χ0n) is 35.3. The van der Waals surface area contributed by atoms with Crippen molar-refractivity contribution in [2.24, 2.45) is 0 Å². The number of hydrogen-bond donors (Lipinski definition) is 0. The zero-order valence-corrected chi connectivity index (χ0v) is 35.3. The lowest BCUT2D eigenvalue weighted by Gasteiger charge is -2.33. The quantitative estimate of drug-likeness (QED) is 0.167. The van der Waals surface area contributed by atoms with Crippen LogP contribution in [0.25, 0.3) is 44.5 Å². The van der Waals surface area contributed by atoms with E-state index in [4.69, 9.17) is 9.47 Å². The first-order valence-corrected chi connectivity index (χ1v) is 22.5. The molecule has 0 saturated heterocycles. The van der Waals surface area contributed by atoms with Crippen molar-refractivity contribution >= 4 is 28.2 Å². The van der Waals surface area contributed by atoms with Crippen LogP contribution in [0.4, 0.5) is 17.1 Å². The fourth-order valence-electron chi connectivity index (χ4n) is 11.1. The number of nitrogens with zero attached hydrogens (tertiary/aromatic N) is 1. The van der Waals surface area contributed by atoms with Crippen LogP contribution < -0.4 is 14.4 Å². The van der Waals surface area contributed by atoms with Gasteiger partial charge in [-0.05, 0) is 135 Å². The smallest absolute Gasteiger partial charge is 0.178 e. The molecule has 0 radical (unpaired) electrons. The maximum absolute atomic E-state index is 7.28. The fourth-order valence-corrected chi connectivity index (χ4v) is 11.1. The lowest BCUT2D eigenvalue weighted by Crippen LogP contribution is -2.27. The topological polar surface area (TPSA) is 21.7 Å². The largest absolute Gasteiger partial charge is 0.449 e. The van der Waals surface area contributed by atoms with E-state index >= 15 is 0 Å². The van der Waals surface area contributed by atoms with E-state index in [-0.39, 0.29) is 0 Å². The highest BCUT2D eigenvalue weighted by Crippen LogP contribution is 2.67. The summed E-state index contributed by atoms with van der Waals surface area (Å²) in [5, 5.41) is 0. The Bertz CT molecular complexity index is 3330. The lowest BCUT2D eigenvalue weighted by molar-refractivity contribution is 0.360. The molecule has 64 heavy (non-hydrogen) atoms. The molecule has 1 heterocycles. The average Bonchev–Trinajstić information content (AvgIpc) is 3.84. The highest BCUT2D eigenvalue weighted by Gasteiger charge is 2.53. The minimum absolute atomic E-state index is 0.429. The predicted molar refractivity (Wildman–Crippen MR) is 262 cm³/mol. The normalized spacial score (nSPS) is 17.0. The second kappa shape index (κ2) is 14.6. The van der Waals surface area contributed by atoms with Crippen LogP contribution in [0.5, 0.6) is 23.0 Å². The monoisotopic (exact) mass is 821 g/mol. The van der Waals surface area contributed by atoms with E-state index in [0.717, 1.165) is 65.4 Å². The van der Waals surface area contributed by atoms with Crippen molar-refractivity contribution in [3.05, 3.63) is 246 Å². The Morgan fingerprint density at radius 1 is 0.453 bits per heavy atom. The van der Waals surface area contributed by atoms with Crippen molar-refractivity contribution < 1.29 is 9.47 Å². The van der Waals surface area contributed by atoms with Crippen LogP contribution in [0, 0.1) is 0 Å². The van der Waals surface area contributed by atoms with Gasteiger partial charge in [-0.1, -0.05) is 164 Å². The van der Waals surface area contributed by atoms with Gasteiger partial charge in [-0.3, -0.25) is 0 Å². The summed E-state index contributed by atoms with van der Waals surface area (Å²) in [6.07, 6.45) is 15.6.